The van der Waals surface area contributed by atoms with E-state index in [1.807, 2.05) is 35.3 Å². The summed E-state index contributed by atoms with van der Waals surface area (Å²) in [6.07, 6.45) is 7.60. The van der Waals surface area contributed by atoms with Crippen LogP contribution < -0.4 is 5.32 Å². The van der Waals surface area contributed by atoms with Crippen molar-refractivity contribution in [1.82, 2.24) is 19.8 Å². The minimum Gasteiger partial charge on any atom is -0.350 e. The molecule has 0 aliphatic carbocycles. The third kappa shape index (κ3) is 5.93. The normalized spacial score (nSPS) is 16.0. The van der Waals surface area contributed by atoms with Crippen LogP contribution in [-0.4, -0.2) is 38.9 Å². The zero-order valence-corrected chi connectivity index (χ0v) is 20.3. The molecule has 178 valence electrons. The summed E-state index contributed by atoms with van der Waals surface area (Å²) < 4.78 is 2.04. The fourth-order valence-electron chi connectivity index (χ4n) is 4.53. The van der Waals surface area contributed by atoms with Crippen LogP contribution >= 0.6 is 0 Å². The van der Waals surface area contributed by atoms with Crippen molar-refractivity contribution in [3.05, 3.63) is 78.4 Å². The van der Waals surface area contributed by atoms with Crippen LogP contribution in [0.5, 0.6) is 0 Å². The van der Waals surface area contributed by atoms with Crippen LogP contribution in [-0.2, 0) is 22.7 Å². The van der Waals surface area contributed by atoms with E-state index in [1.54, 1.807) is 11.1 Å². The maximum Gasteiger partial charge on any atom is 0.243 e. The average molecular weight is 459 g/mol. The van der Waals surface area contributed by atoms with Gasteiger partial charge < -0.3 is 14.8 Å². The number of likely N-dealkylation sites (tertiary alicyclic amines) is 1. The molecule has 3 aromatic rings. The molecule has 0 spiro atoms. The van der Waals surface area contributed by atoms with Gasteiger partial charge >= 0.3 is 0 Å². The van der Waals surface area contributed by atoms with Crippen molar-refractivity contribution in [2.24, 2.45) is 5.41 Å². The Hall–Kier alpha value is -3.41. The second-order valence-corrected chi connectivity index (χ2v) is 10.3. The number of benzene rings is 2. The van der Waals surface area contributed by atoms with E-state index in [0.29, 0.717) is 19.5 Å². The first-order valence-electron chi connectivity index (χ1n) is 12.0. The first kappa shape index (κ1) is 23.7. The Morgan fingerprint density at radius 1 is 1.09 bits per heavy atom. The summed E-state index contributed by atoms with van der Waals surface area (Å²) in [5.74, 6) is 0.00609. The number of nitrogens with one attached hydrogen (secondary N) is 1. The van der Waals surface area contributed by atoms with E-state index in [9.17, 15) is 9.59 Å². The zero-order chi connectivity index (χ0) is 24.1. The molecule has 1 N–H and O–H groups in total. The van der Waals surface area contributed by atoms with E-state index in [2.05, 4.69) is 61.4 Å². The predicted octanol–water partition coefficient (Wildman–Crippen LogP) is 4.64. The smallest absolute Gasteiger partial charge is 0.243 e. The molecule has 4 rings (SSSR count). The van der Waals surface area contributed by atoms with Crippen LogP contribution in [0.1, 0.15) is 51.2 Å². The number of imidazole rings is 1. The Labute approximate surface area is 202 Å². The molecule has 2 aromatic carbocycles. The zero-order valence-electron chi connectivity index (χ0n) is 20.3. The van der Waals surface area contributed by atoms with E-state index in [0.717, 1.165) is 36.1 Å². The highest BCUT2D eigenvalue weighted by molar-refractivity contribution is 5.88. The second-order valence-electron chi connectivity index (χ2n) is 10.3. The van der Waals surface area contributed by atoms with Gasteiger partial charge in [0.05, 0.1) is 6.33 Å². The topological polar surface area (TPSA) is 67.2 Å². The van der Waals surface area contributed by atoms with Crippen LogP contribution in [0.25, 0.3) is 11.1 Å². The molecule has 0 radical (unpaired) electrons. The Kier molecular flexibility index (Phi) is 7.15. The second kappa shape index (κ2) is 10.2. The van der Waals surface area contributed by atoms with Crippen molar-refractivity contribution >= 4 is 11.8 Å². The molecule has 1 unspecified atom stereocenters. The van der Waals surface area contributed by atoms with Crippen molar-refractivity contribution in [1.29, 1.82) is 0 Å². The van der Waals surface area contributed by atoms with Crippen molar-refractivity contribution in [2.75, 3.05) is 6.54 Å². The van der Waals surface area contributed by atoms with Crippen LogP contribution in [0.15, 0.2) is 67.3 Å². The van der Waals surface area contributed by atoms with Gasteiger partial charge in [-0.25, -0.2) is 4.98 Å². The molecule has 0 saturated carbocycles. The summed E-state index contributed by atoms with van der Waals surface area (Å²) in [7, 11) is 0. The van der Waals surface area contributed by atoms with E-state index in [4.69, 9.17) is 0 Å². The molecule has 2 amide bonds. The minimum absolute atomic E-state index is 0.0646. The quantitative estimate of drug-likeness (QED) is 0.561. The van der Waals surface area contributed by atoms with E-state index in [-0.39, 0.29) is 23.3 Å². The molecular weight excluding hydrogens is 424 g/mol. The summed E-state index contributed by atoms with van der Waals surface area (Å²) in [5.41, 5.74) is 4.39. The molecule has 1 aliphatic heterocycles. The number of aromatic nitrogens is 2. The van der Waals surface area contributed by atoms with E-state index >= 15 is 0 Å². The number of carbonyl (C=O) groups is 2. The number of hydrogen-bond acceptors (Lipinski definition) is 3. The van der Waals surface area contributed by atoms with Gasteiger partial charge in [0, 0.05) is 38.4 Å². The van der Waals surface area contributed by atoms with Gasteiger partial charge in [-0.2, -0.15) is 0 Å². The number of carbonyl (C=O) groups excluding carboxylic acids is 2. The van der Waals surface area contributed by atoms with Crippen molar-refractivity contribution in [2.45, 2.75) is 59.2 Å². The van der Waals surface area contributed by atoms with Gasteiger partial charge in [0.15, 0.2) is 0 Å². The molecule has 34 heavy (non-hydrogen) atoms. The molecule has 2 heterocycles. The highest BCUT2D eigenvalue weighted by Crippen LogP contribution is 2.26. The van der Waals surface area contributed by atoms with Crippen LogP contribution in [0.4, 0.5) is 0 Å². The summed E-state index contributed by atoms with van der Waals surface area (Å²) in [6, 6.07) is 16.3. The predicted molar refractivity (Wildman–Crippen MR) is 134 cm³/mol. The minimum atomic E-state index is -0.371. The summed E-state index contributed by atoms with van der Waals surface area (Å²) in [5, 5.41) is 3.10. The molecule has 6 heteroatoms. The number of rotatable bonds is 7. The average Bonchev–Trinajstić information content (AvgIpc) is 3.49. The third-order valence-corrected chi connectivity index (χ3v) is 6.22. The van der Waals surface area contributed by atoms with E-state index < -0.39 is 0 Å². The number of amides is 2. The summed E-state index contributed by atoms with van der Waals surface area (Å²) in [4.78, 5) is 31.7. The first-order valence-corrected chi connectivity index (χ1v) is 12.0. The lowest BCUT2D eigenvalue weighted by Crippen LogP contribution is -2.46. The number of nitrogens with zero attached hydrogens (tertiary/aromatic N) is 3. The van der Waals surface area contributed by atoms with Gasteiger partial charge in [-0.15, -0.1) is 0 Å². The monoisotopic (exact) mass is 458 g/mol. The lowest BCUT2D eigenvalue weighted by molar-refractivity contribution is -0.139. The number of hydrogen-bond donors (Lipinski definition) is 1. The van der Waals surface area contributed by atoms with Crippen molar-refractivity contribution < 1.29 is 9.59 Å². The van der Waals surface area contributed by atoms with Crippen LogP contribution in [0, 0.1) is 5.41 Å². The molecule has 1 aliphatic rings. The Morgan fingerprint density at radius 3 is 2.56 bits per heavy atom. The summed E-state index contributed by atoms with van der Waals surface area (Å²) >= 11 is 0. The molecular formula is C28H34N4O2. The first-order chi connectivity index (χ1) is 16.3. The van der Waals surface area contributed by atoms with Gasteiger partial charge in [0.2, 0.25) is 11.8 Å². The molecule has 6 nitrogen and oxygen atoms in total. The Balaban J connectivity index is 1.41. The van der Waals surface area contributed by atoms with Crippen LogP contribution in [0.2, 0.25) is 0 Å². The van der Waals surface area contributed by atoms with Crippen LogP contribution in [0.3, 0.4) is 0 Å². The van der Waals surface area contributed by atoms with Gasteiger partial charge in [-0.05, 0) is 40.5 Å². The standard InChI is InChI=1S/C28H34N4O2/c1-28(2,3)17-26(33)32-15-6-9-25(32)27(34)30-18-23-7-4-5-8-24(23)22-12-10-21(11-13-22)19-31-16-14-29-20-31/h4-5,7-8,10-14,16,20,25H,6,9,15,17-19H2,1-3H3,(H,30,34). The highest BCUT2D eigenvalue weighted by Gasteiger charge is 2.35. The van der Waals surface area contributed by atoms with Gasteiger partial charge in [0.1, 0.15) is 6.04 Å². The SMILES string of the molecule is CC(C)(C)CC(=O)N1CCCC1C(=O)NCc1ccccc1-c1ccc(Cn2ccnc2)cc1. The molecule has 1 saturated heterocycles. The molecule has 1 atom stereocenters. The van der Waals surface area contributed by atoms with Crippen molar-refractivity contribution in [3.63, 3.8) is 0 Å². The molecule has 1 fully saturated rings. The fourth-order valence-corrected chi connectivity index (χ4v) is 4.53. The Morgan fingerprint density at radius 2 is 1.85 bits per heavy atom. The largest absolute Gasteiger partial charge is 0.350 e. The lowest BCUT2D eigenvalue weighted by Gasteiger charge is -2.27. The fraction of sp³-hybridized carbons (Fsp3) is 0.393. The molecule has 1 aromatic heterocycles. The van der Waals surface area contributed by atoms with Gasteiger partial charge in [0.25, 0.3) is 0 Å². The maximum atomic E-state index is 13.0. The Bertz CT molecular complexity index is 1110. The lowest BCUT2D eigenvalue weighted by atomic mass is 9.91. The third-order valence-electron chi connectivity index (χ3n) is 6.22. The maximum absolute atomic E-state index is 13.0. The van der Waals surface area contributed by atoms with Crippen molar-refractivity contribution in [3.8, 4) is 11.1 Å². The van der Waals surface area contributed by atoms with E-state index in [1.165, 1.54) is 5.56 Å². The van der Waals surface area contributed by atoms with Gasteiger partial charge in [-0.1, -0.05) is 69.3 Å². The van der Waals surface area contributed by atoms with Gasteiger partial charge in [-0.3, -0.25) is 9.59 Å². The summed E-state index contributed by atoms with van der Waals surface area (Å²) in [6.45, 7) is 8.04. The highest BCUT2D eigenvalue weighted by atomic mass is 16.2. The molecule has 0 bridgehead atoms.